The third-order valence-electron chi connectivity index (χ3n) is 6.42. The number of morpholine rings is 1. The molecule has 0 radical (unpaired) electrons. The summed E-state index contributed by atoms with van der Waals surface area (Å²) in [6, 6.07) is 9.09. The van der Waals surface area contributed by atoms with Crippen LogP contribution in [0.3, 0.4) is 0 Å². The van der Waals surface area contributed by atoms with Crippen molar-refractivity contribution < 1.29 is 14.2 Å². The van der Waals surface area contributed by atoms with Gasteiger partial charge in [-0.3, -0.25) is 4.90 Å². The standard InChI is InChI=1S/C26H32Cl2N4O3/c1-4-17(5-2)13-32-8-9-34-19(14-32)15-35-25-12-23-20(11-24(25)33-3)26(30-16-29-23)31-18-6-7-21(27)22(28)10-18/h6-7,10-12,16-17,19H,4-5,8-9,13-15H2,1-3H3,(H,29,30,31). The smallest absolute Gasteiger partial charge is 0.163 e. The number of hydrogen-bond acceptors (Lipinski definition) is 7. The number of aromatic nitrogens is 2. The molecule has 1 saturated heterocycles. The number of halogens is 2. The van der Waals surface area contributed by atoms with Crippen LogP contribution < -0.4 is 14.8 Å². The van der Waals surface area contributed by atoms with E-state index < -0.39 is 0 Å². The zero-order valence-corrected chi connectivity index (χ0v) is 21.9. The van der Waals surface area contributed by atoms with Crippen LogP contribution in [0.1, 0.15) is 26.7 Å². The number of nitrogens with zero attached hydrogens (tertiary/aromatic N) is 3. The van der Waals surface area contributed by atoms with Crippen molar-refractivity contribution in [2.24, 2.45) is 5.92 Å². The summed E-state index contributed by atoms with van der Waals surface area (Å²) >= 11 is 12.2. The molecule has 4 rings (SSSR count). The number of ether oxygens (including phenoxy) is 3. The molecule has 0 bridgehead atoms. The predicted octanol–water partition coefficient (Wildman–Crippen LogP) is 6.20. The van der Waals surface area contributed by atoms with Crippen LogP contribution >= 0.6 is 23.2 Å². The van der Waals surface area contributed by atoms with Gasteiger partial charge >= 0.3 is 0 Å². The van der Waals surface area contributed by atoms with Gasteiger partial charge < -0.3 is 19.5 Å². The Kier molecular flexibility index (Phi) is 8.89. The number of nitrogens with one attached hydrogen (secondary N) is 1. The summed E-state index contributed by atoms with van der Waals surface area (Å²) < 4.78 is 17.8. The number of rotatable bonds is 10. The average Bonchev–Trinajstić information content (AvgIpc) is 2.88. The van der Waals surface area contributed by atoms with E-state index in [9.17, 15) is 0 Å². The van der Waals surface area contributed by atoms with Gasteiger partial charge in [0.1, 0.15) is 24.9 Å². The Hall–Kier alpha value is -2.32. The fourth-order valence-corrected chi connectivity index (χ4v) is 4.59. The first-order chi connectivity index (χ1) is 17.0. The van der Waals surface area contributed by atoms with Gasteiger partial charge in [0, 0.05) is 36.8 Å². The molecular formula is C26H32Cl2N4O3. The molecule has 188 valence electrons. The minimum atomic E-state index is 0.01000. The maximum absolute atomic E-state index is 6.18. The van der Waals surface area contributed by atoms with Crippen LogP contribution in [0.25, 0.3) is 10.9 Å². The zero-order valence-electron chi connectivity index (χ0n) is 20.4. The summed E-state index contributed by atoms with van der Waals surface area (Å²) in [7, 11) is 1.62. The van der Waals surface area contributed by atoms with E-state index in [2.05, 4.69) is 34.0 Å². The first-order valence-electron chi connectivity index (χ1n) is 12.0. The van der Waals surface area contributed by atoms with E-state index in [-0.39, 0.29) is 6.10 Å². The fourth-order valence-electron chi connectivity index (χ4n) is 4.29. The first kappa shape index (κ1) is 25.8. The lowest BCUT2D eigenvalue weighted by molar-refractivity contribution is -0.0520. The van der Waals surface area contributed by atoms with Crippen molar-refractivity contribution in [1.82, 2.24) is 14.9 Å². The van der Waals surface area contributed by atoms with Crippen molar-refractivity contribution >= 4 is 45.6 Å². The lowest BCUT2D eigenvalue weighted by atomic mass is 10.0. The van der Waals surface area contributed by atoms with Crippen molar-refractivity contribution in [3.05, 3.63) is 46.7 Å². The maximum Gasteiger partial charge on any atom is 0.163 e. The number of hydrogen-bond donors (Lipinski definition) is 1. The molecule has 2 aromatic carbocycles. The van der Waals surface area contributed by atoms with Crippen LogP contribution in [0.5, 0.6) is 11.5 Å². The largest absolute Gasteiger partial charge is 0.493 e. The quantitative estimate of drug-likeness (QED) is 0.342. The molecular weight excluding hydrogens is 487 g/mol. The van der Waals surface area contributed by atoms with Gasteiger partial charge in [-0.25, -0.2) is 9.97 Å². The number of methoxy groups -OCH3 is 1. The molecule has 9 heteroatoms. The molecule has 3 aromatic rings. The molecule has 0 aliphatic carbocycles. The number of anilines is 2. The second-order valence-electron chi connectivity index (χ2n) is 8.74. The SMILES string of the molecule is CCC(CC)CN1CCOC(COc2cc3ncnc(Nc4ccc(Cl)c(Cl)c4)c3cc2OC)C1. The highest BCUT2D eigenvalue weighted by Crippen LogP contribution is 2.35. The van der Waals surface area contributed by atoms with Crippen molar-refractivity contribution in [2.45, 2.75) is 32.8 Å². The summed E-state index contributed by atoms with van der Waals surface area (Å²) in [4.78, 5) is 11.3. The summed E-state index contributed by atoms with van der Waals surface area (Å²) in [5, 5.41) is 5.04. The molecule has 1 N–H and O–H groups in total. The van der Waals surface area contributed by atoms with Crippen molar-refractivity contribution in [1.29, 1.82) is 0 Å². The van der Waals surface area contributed by atoms with E-state index >= 15 is 0 Å². The minimum absolute atomic E-state index is 0.01000. The van der Waals surface area contributed by atoms with Gasteiger partial charge in [-0.1, -0.05) is 49.9 Å². The van der Waals surface area contributed by atoms with Crippen LogP contribution in [-0.2, 0) is 4.74 Å². The van der Waals surface area contributed by atoms with Gasteiger partial charge in [0.2, 0.25) is 0 Å². The lowest BCUT2D eigenvalue weighted by Crippen LogP contribution is -2.46. The summed E-state index contributed by atoms with van der Waals surface area (Å²) in [6.45, 7) is 8.63. The van der Waals surface area contributed by atoms with Crippen molar-refractivity contribution in [3.63, 3.8) is 0 Å². The highest BCUT2D eigenvalue weighted by molar-refractivity contribution is 6.42. The average molecular weight is 519 g/mol. The summed E-state index contributed by atoms with van der Waals surface area (Å²) in [5.74, 6) is 2.58. The van der Waals surface area contributed by atoms with Crippen LogP contribution in [0.2, 0.25) is 10.0 Å². The molecule has 2 heterocycles. The van der Waals surface area contributed by atoms with Gasteiger partial charge in [0.25, 0.3) is 0 Å². The van der Waals surface area contributed by atoms with E-state index in [0.29, 0.717) is 34.0 Å². The summed E-state index contributed by atoms with van der Waals surface area (Å²) in [5.41, 5.74) is 1.50. The van der Waals surface area contributed by atoms with E-state index in [4.69, 9.17) is 37.4 Å². The first-order valence-corrected chi connectivity index (χ1v) is 12.8. The van der Waals surface area contributed by atoms with Crippen LogP contribution in [0, 0.1) is 5.92 Å². The van der Waals surface area contributed by atoms with Gasteiger partial charge in [0.05, 0.1) is 29.3 Å². The predicted molar refractivity (Wildman–Crippen MR) is 142 cm³/mol. The number of fused-ring (bicyclic) bond motifs is 1. The molecule has 1 aliphatic heterocycles. The molecule has 0 saturated carbocycles. The minimum Gasteiger partial charge on any atom is -0.493 e. The monoisotopic (exact) mass is 518 g/mol. The van der Waals surface area contributed by atoms with Crippen LogP contribution in [-0.4, -0.2) is 60.9 Å². The molecule has 0 amide bonds. The molecule has 1 atom stereocenters. The molecule has 1 fully saturated rings. The van der Waals surface area contributed by atoms with Crippen molar-refractivity contribution in [3.8, 4) is 11.5 Å². The Morgan fingerprint density at radius 1 is 1.11 bits per heavy atom. The topological polar surface area (TPSA) is 68.7 Å². The molecule has 0 spiro atoms. The second-order valence-corrected chi connectivity index (χ2v) is 9.56. The molecule has 1 aliphatic rings. The van der Waals surface area contributed by atoms with Gasteiger partial charge in [0.15, 0.2) is 11.5 Å². The van der Waals surface area contributed by atoms with E-state index in [1.165, 1.54) is 19.2 Å². The van der Waals surface area contributed by atoms with Crippen LogP contribution in [0.4, 0.5) is 11.5 Å². The Morgan fingerprint density at radius 3 is 2.69 bits per heavy atom. The Balaban J connectivity index is 1.48. The van der Waals surface area contributed by atoms with Crippen molar-refractivity contribution in [2.75, 3.05) is 45.3 Å². The molecule has 35 heavy (non-hydrogen) atoms. The number of benzene rings is 2. The highest BCUT2D eigenvalue weighted by atomic mass is 35.5. The Labute approximate surface area is 216 Å². The third-order valence-corrected chi connectivity index (χ3v) is 7.16. The van der Waals surface area contributed by atoms with E-state index in [0.717, 1.165) is 48.7 Å². The molecule has 7 nitrogen and oxygen atoms in total. The molecule has 1 aromatic heterocycles. The van der Waals surface area contributed by atoms with Gasteiger partial charge in [-0.05, 0) is 30.2 Å². The maximum atomic E-state index is 6.18. The molecule has 1 unspecified atom stereocenters. The summed E-state index contributed by atoms with van der Waals surface area (Å²) in [6.07, 6.45) is 3.93. The van der Waals surface area contributed by atoms with Gasteiger partial charge in [-0.15, -0.1) is 0 Å². The van der Waals surface area contributed by atoms with Crippen LogP contribution in [0.15, 0.2) is 36.7 Å². The fraction of sp³-hybridized carbons (Fsp3) is 0.462. The Morgan fingerprint density at radius 2 is 1.94 bits per heavy atom. The lowest BCUT2D eigenvalue weighted by Gasteiger charge is -2.34. The third kappa shape index (κ3) is 6.47. The van der Waals surface area contributed by atoms with Gasteiger partial charge in [-0.2, -0.15) is 0 Å². The zero-order chi connectivity index (χ0) is 24.8. The highest BCUT2D eigenvalue weighted by Gasteiger charge is 2.23. The van der Waals surface area contributed by atoms with E-state index in [1.807, 2.05) is 18.2 Å². The second kappa shape index (κ2) is 12.1. The van der Waals surface area contributed by atoms with E-state index in [1.54, 1.807) is 19.2 Å². The Bertz CT molecular complexity index is 1140. The normalized spacial score (nSPS) is 16.6.